The molecule has 0 radical (unpaired) electrons. The van der Waals surface area contributed by atoms with Crippen molar-refractivity contribution in [2.24, 2.45) is 5.92 Å². The minimum Gasteiger partial charge on any atom is -0.384 e. The van der Waals surface area contributed by atoms with Crippen LogP contribution in [0.3, 0.4) is 0 Å². The molecule has 0 amide bonds. The van der Waals surface area contributed by atoms with Crippen molar-refractivity contribution in [3.8, 4) is 0 Å². The molecule has 0 saturated heterocycles. The molecule has 1 rings (SSSR count). The lowest BCUT2D eigenvalue weighted by Gasteiger charge is -2.05. The van der Waals surface area contributed by atoms with Crippen LogP contribution >= 0.6 is 11.3 Å². The van der Waals surface area contributed by atoms with Crippen LogP contribution in [0.2, 0.25) is 0 Å². The zero-order chi connectivity index (χ0) is 11.8. The van der Waals surface area contributed by atoms with E-state index in [0.717, 1.165) is 42.6 Å². The number of methoxy groups -OCH3 is 1. The van der Waals surface area contributed by atoms with Crippen molar-refractivity contribution in [1.29, 1.82) is 0 Å². The minimum absolute atomic E-state index is 0.701. The molecule has 0 unspecified atom stereocenters. The van der Waals surface area contributed by atoms with Crippen molar-refractivity contribution in [1.82, 2.24) is 15.5 Å². The highest BCUT2D eigenvalue weighted by molar-refractivity contribution is 7.11. The summed E-state index contributed by atoms with van der Waals surface area (Å²) in [4.78, 5) is 0. The van der Waals surface area contributed by atoms with Gasteiger partial charge in [-0.3, -0.25) is 0 Å². The van der Waals surface area contributed by atoms with Gasteiger partial charge in [-0.05, 0) is 12.5 Å². The first kappa shape index (κ1) is 13.5. The van der Waals surface area contributed by atoms with Gasteiger partial charge in [0.1, 0.15) is 10.0 Å². The van der Waals surface area contributed by atoms with Gasteiger partial charge in [-0.25, -0.2) is 0 Å². The number of ether oxygens (including phenoxy) is 1. The maximum atomic E-state index is 5.01. The Kier molecular flexibility index (Phi) is 6.52. The molecule has 1 aromatic heterocycles. The number of rotatable bonds is 8. The normalized spacial score (nSPS) is 11.2. The second-order valence-electron chi connectivity index (χ2n) is 4.18. The SMILES string of the molecule is COCCc1nnc(CCNCC(C)C)s1. The zero-order valence-corrected chi connectivity index (χ0v) is 11.1. The van der Waals surface area contributed by atoms with Crippen molar-refractivity contribution in [2.45, 2.75) is 26.7 Å². The molecule has 0 aliphatic carbocycles. The zero-order valence-electron chi connectivity index (χ0n) is 10.3. The topological polar surface area (TPSA) is 47.0 Å². The lowest BCUT2D eigenvalue weighted by molar-refractivity contribution is 0.202. The van der Waals surface area contributed by atoms with Crippen LogP contribution in [0.4, 0.5) is 0 Å². The molecule has 0 spiro atoms. The summed E-state index contributed by atoms with van der Waals surface area (Å²) in [5.74, 6) is 0.701. The van der Waals surface area contributed by atoms with Gasteiger partial charge in [-0.15, -0.1) is 21.5 Å². The Morgan fingerprint density at radius 3 is 2.56 bits per heavy atom. The molecule has 5 heteroatoms. The molecule has 0 atom stereocenters. The van der Waals surface area contributed by atoms with Gasteiger partial charge in [0.05, 0.1) is 6.61 Å². The molecular formula is C11H21N3OS. The van der Waals surface area contributed by atoms with E-state index in [-0.39, 0.29) is 0 Å². The van der Waals surface area contributed by atoms with Gasteiger partial charge in [-0.1, -0.05) is 13.8 Å². The Morgan fingerprint density at radius 2 is 1.94 bits per heavy atom. The smallest absolute Gasteiger partial charge is 0.119 e. The van der Waals surface area contributed by atoms with E-state index in [2.05, 4.69) is 29.4 Å². The van der Waals surface area contributed by atoms with E-state index in [1.165, 1.54) is 0 Å². The number of hydrogen-bond acceptors (Lipinski definition) is 5. The van der Waals surface area contributed by atoms with Gasteiger partial charge in [-0.2, -0.15) is 0 Å². The second kappa shape index (κ2) is 7.70. The molecular weight excluding hydrogens is 222 g/mol. The van der Waals surface area contributed by atoms with E-state index >= 15 is 0 Å². The van der Waals surface area contributed by atoms with Gasteiger partial charge in [0.15, 0.2) is 0 Å². The Balaban J connectivity index is 2.19. The highest BCUT2D eigenvalue weighted by Crippen LogP contribution is 2.10. The van der Waals surface area contributed by atoms with Crippen LogP contribution in [0.15, 0.2) is 0 Å². The van der Waals surface area contributed by atoms with Crippen LogP contribution in [-0.4, -0.2) is 37.0 Å². The predicted molar refractivity (Wildman–Crippen MR) is 66.9 cm³/mol. The third-order valence-corrected chi connectivity index (χ3v) is 3.14. The average Bonchev–Trinajstić information content (AvgIpc) is 2.69. The highest BCUT2D eigenvalue weighted by atomic mass is 32.1. The first-order valence-electron chi connectivity index (χ1n) is 5.73. The summed E-state index contributed by atoms with van der Waals surface area (Å²) in [6.45, 7) is 7.19. The summed E-state index contributed by atoms with van der Waals surface area (Å²) in [7, 11) is 1.71. The van der Waals surface area contributed by atoms with Gasteiger partial charge >= 0.3 is 0 Å². The van der Waals surface area contributed by atoms with Crippen molar-refractivity contribution in [3.05, 3.63) is 10.0 Å². The Bertz CT molecular complexity index is 289. The molecule has 0 bridgehead atoms. The lowest BCUT2D eigenvalue weighted by Crippen LogP contribution is -2.22. The molecule has 0 aromatic carbocycles. The van der Waals surface area contributed by atoms with E-state index in [1.807, 2.05) is 0 Å². The average molecular weight is 243 g/mol. The number of nitrogens with one attached hydrogen (secondary N) is 1. The Hall–Kier alpha value is -0.520. The van der Waals surface area contributed by atoms with Crippen LogP contribution in [-0.2, 0) is 17.6 Å². The van der Waals surface area contributed by atoms with E-state index < -0.39 is 0 Å². The van der Waals surface area contributed by atoms with E-state index in [0.29, 0.717) is 5.92 Å². The Morgan fingerprint density at radius 1 is 1.25 bits per heavy atom. The summed E-state index contributed by atoms with van der Waals surface area (Å²) < 4.78 is 5.01. The number of aromatic nitrogens is 2. The van der Waals surface area contributed by atoms with Gasteiger partial charge in [0, 0.05) is 26.5 Å². The van der Waals surface area contributed by atoms with Gasteiger partial charge in [0.25, 0.3) is 0 Å². The van der Waals surface area contributed by atoms with Crippen molar-refractivity contribution >= 4 is 11.3 Å². The third-order valence-electron chi connectivity index (χ3n) is 2.10. The van der Waals surface area contributed by atoms with Crippen molar-refractivity contribution < 1.29 is 4.74 Å². The Labute approximate surface area is 101 Å². The van der Waals surface area contributed by atoms with E-state index in [9.17, 15) is 0 Å². The van der Waals surface area contributed by atoms with Crippen molar-refractivity contribution in [2.75, 3.05) is 26.8 Å². The van der Waals surface area contributed by atoms with Crippen LogP contribution in [0.1, 0.15) is 23.9 Å². The largest absolute Gasteiger partial charge is 0.384 e. The lowest BCUT2D eigenvalue weighted by atomic mass is 10.2. The summed E-state index contributed by atoms with van der Waals surface area (Å²) in [6.07, 6.45) is 1.84. The van der Waals surface area contributed by atoms with Crippen LogP contribution in [0.25, 0.3) is 0 Å². The van der Waals surface area contributed by atoms with E-state index in [4.69, 9.17) is 4.74 Å². The molecule has 0 saturated carbocycles. The summed E-state index contributed by atoms with van der Waals surface area (Å²) >= 11 is 1.69. The maximum absolute atomic E-state index is 5.01. The fourth-order valence-corrected chi connectivity index (χ4v) is 2.09. The first-order valence-corrected chi connectivity index (χ1v) is 6.55. The molecule has 16 heavy (non-hydrogen) atoms. The summed E-state index contributed by atoms with van der Waals surface area (Å²) in [5, 5.41) is 13.9. The summed E-state index contributed by atoms with van der Waals surface area (Å²) in [6, 6.07) is 0. The standard InChI is InChI=1S/C11H21N3OS/c1-9(2)8-12-6-4-10-13-14-11(16-10)5-7-15-3/h9,12H,4-8H2,1-3H3. The molecule has 92 valence electrons. The molecule has 1 N–H and O–H groups in total. The number of hydrogen-bond donors (Lipinski definition) is 1. The fraction of sp³-hybridized carbons (Fsp3) is 0.818. The van der Waals surface area contributed by atoms with Crippen LogP contribution in [0.5, 0.6) is 0 Å². The second-order valence-corrected chi connectivity index (χ2v) is 5.33. The van der Waals surface area contributed by atoms with Gasteiger partial charge in [0.2, 0.25) is 0 Å². The number of nitrogens with zero attached hydrogens (tertiary/aromatic N) is 2. The molecule has 0 fully saturated rings. The van der Waals surface area contributed by atoms with Crippen molar-refractivity contribution in [3.63, 3.8) is 0 Å². The molecule has 0 aliphatic rings. The van der Waals surface area contributed by atoms with E-state index in [1.54, 1.807) is 18.4 Å². The predicted octanol–water partition coefficient (Wildman–Crippen LogP) is 1.52. The molecule has 4 nitrogen and oxygen atoms in total. The highest BCUT2D eigenvalue weighted by Gasteiger charge is 2.03. The molecule has 1 heterocycles. The van der Waals surface area contributed by atoms with Gasteiger partial charge < -0.3 is 10.1 Å². The van der Waals surface area contributed by atoms with Crippen LogP contribution in [0, 0.1) is 5.92 Å². The maximum Gasteiger partial charge on any atom is 0.119 e. The quantitative estimate of drug-likeness (QED) is 0.703. The summed E-state index contributed by atoms with van der Waals surface area (Å²) in [5.41, 5.74) is 0. The third kappa shape index (κ3) is 5.53. The molecule has 0 aliphatic heterocycles. The monoisotopic (exact) mass is 243 g/mol. The minimum atomic E-state index is 0.701. The fourth-order valence-electron chi connectivity index (χ4n) is 1.27. The molecule has 1 aromatic rings. The first-order chi connectivity index (χ1) is 7.72. The van der Waals surface area contributed by atoms with Crippen LogP contribution < -0.4 is 5.32 Å².